The molecule has 0 radical (unpaired) electrons. The number of unbranched alkanes of at least 4 members (excludes halogenated alkanes) is 2. The molecule has 17 nitrogen and oxygen atoms in total. The van der Waals surface area contributed by atoms with E-state index in [0.29, 0.717) is 38.8 Å². The number of amides is 6. The van der Waals surface area contributed by atoms with Crippen molar-refractivity contribution in [2.24, 2.45) is 23.3 Å². The molecule has 17 heteroatoms. The number of rotatable bonds is 16. The maximum Gasteiger partial charge on any atom is 0.256 e. The van der Waals surface area contributed by atoms with E-state index in [1.165, 1.54) is 0 Å². The minimum atomic E-state index is -1.09. The molecule has 1 saturated heterocycles. The lowest BCUT2D eigenvalue weighted by Crippen LogP contribution is -2.61. The fourth-order valence-electron chi connectivity index (χ4n) is 8.28. The van der Waals surface area contributed by atoms with Crippen LogP contribution in [0, 0.1) is 11.8 Å². The second-order valence-electron chi connectivity index (χ2n) is 18.3. The minimum Gasteiger partial charge on any atom is -0.343 e. The minimum absolute atomic E-state index is 0.0374. The molecule has 0 unspecified atom stereocenters. The van der Waals surface area contributed by atoms with Gasteiger partial charge in [-0.25, -0.2) is 16.3 Å². The molecule has 1 aliphatic heterocycles. The molecular formula is C50H71N11O6. The van der Waals surface area contributed by atoms with Crippen molar-refractivity contribution < 1.29 is 28.8 Å². The van der Waals surface area contributed by atoms with Crippen LogP contribution in [0.2, 0.25) is 0 Å². The fraction of sp³-hybridized carbons (Fsp3) is 0.480. The zero-order valence-electron chi connectivity index (χ0n) is 39.3. The molecule has 1 aliphatic rings. The monoisotopic (exact) mass is 922 g/mol. The van der Waals surface area contributed by atoms with Crippen LogP contribution in [0.5, 0.6) is 0 Å². The quantitative estimate of drug-likeness (QED) is 0.0728. The molecule has 0 bridgehead atoms. The normalized spacial score (nSPS) is 22.1. The van der Waals surface area contributed by atoms with Crippen LogP contribution in [-0.2, 0) is 41.6 Å². The molecule has 4 aromatic rings. The maximum atomic E-state index is 14.5. The molecular weight excluding hydrogens is 851 g/mol. The van der Waals surface area contributed by atoms with Gasteiger partial charge in [-0.2, -0.15) is 0 Å². The summed E-state index contributed by atoms with van der Waals surface area (Å²) in [4.78, 5) is 85.5. The average molecular weight is 922 g/mol. The molecule has 67 heavy (non-hydrogen) atoms. The van der Waals surface area contributed by atoms with Crippen molar-refractivity contribution in [3.05, 3.63) is 96.1 Å². The number of nitrogens with two attached hydrogens (primary N) is 2. The first-order valence-electron chi connectivity index (χ1n) is 23.7. The van der Waals surface area contributed by atoms with Gasteiger partial charge in [-0.3, -0.25) is 45.0 Å². The third-order valence-electron chi connectivity index (χ3n) is 11.9. The van der Waals surface area contributed by atoms with Gasteiger partial charge in [0.1, 0.15) is 36.3 Å². The highest BCUT2D eigenvalue weighted by Crippen LogP contribution is 2.22. The Morgan fingerprint density at radius 2 is 0.776 bits per heavy atom. The zero-order chi connectivity index (χ0) is 48.3. The van der Waals surface area contributed by atoms with E-state index < -0.39 is 71.7 Å². The molecule has 0 aliphatic carbocycles. The first-order chi connectivity index (χ1) is 32.3. The third-order valence-corrected chi connectivity index (χ3v) is 11.9. The van der Waals surface area contributed by atoms with Crippen LogP contribution in [0.4, 0.5) is 0 Å². The Hall–Kier alpha value is -5.98. The Labute approximate surface area is 393 Å². The van der Waals surface area contributed by atoms with Crippen LogP contribution in [0.3, 0.4) is 0 Å². The Morgan fingerprint density at radius 3 is 1.21 bits per heavy atom. The summed E-state index contributed by atoms with van der Waals surface area (Å²) >= 11 is 0. The first-order valence-corrected chi connectivity index (χ1v) is 23.7. The number of carbonyl (C=O) groups is 6. The van der Waals surface area contributed by atoms with Crippen molar-refractivity contribution in [3.8, 4) is 0 Å². The van der Waals surface area contributed by atoms with E-state index in [9.17, 15) is 28.8 Å². The van der Waals surface area contributed by atoms with Gasteiger partial charge in [0.2, 0.25) is 17.7 Å². The Bertz CT molecular complexity index is 2280. The van der Waals surface area contributed by atoms with E-state index in [2.05, 4.69) is 48.5 Å². The lowest BCUT2D eigenvalue weighted by molar-refractivity contribution is -0.133. The van der Waals surface area contributed by atoms with Crippen LogP contribution in [0.1, 0.15) is 90.2 Å². The largest absolute Gasteiger partial charge is 0.343 e. The van der Waals surface area contributed by atoms with Crippen LogP contribution < -0.4 is 60.0 Å². The summed E-state index contributed by atoms with van der Waals surface area (Å²) in [5.41, 5.74) is 30.2. The van der Waals surface area contributed by atoms with Gasteiger partial charge < -0.3 is 27.4 Å². The predicted molar refractivity (Wildman–Crippen MR) is 261 cm³/mol. The standard InChI is InChI=1S/C50H71N11O6/c1-31(2)27-41-49(66)60-56-40(24-10-12-26-52)45(62)53-39(23-9-11-25-51)48(65)59-57-43(29-35-19-13-17-33-15-5-7-21-37(33)35)46(63)55-42(28-32(3)4)50(67)61-58-44(47(64)54-41)30-36-20-14-18-34-16-6-8-22-38(34)36/h5-8,13-22,31-32,39-44,56-58H,9-12,23-30,51-52H2,1-4H3,(H,53,62)(H,54,64)(H,55,63)(H,59,65)(H,60,66)(H,61,67)/t39-,40-,41-,42-,43-,44-/m0/s1. The molecule has 0 spiro atoms. The summed E-state index contributed by atoms with van der Waals surface area (Å²) in [6.07, 6.45) is 3.45. The summed E-state index contributed by atoms with van der Waals surface area (Å²) in [7, 11) is 0. The lowest BCUT2D eigenvalue weighted by atomic mass is 9.97. The smallest absolute Gasteiger partial charge is 0.256 e. The lowest BCUT2D eigenvalue weighted by Gasteiger charge is -2.27. The molecule has 0 saturated carbocycles. The number of carbonyl (C=O) groups excluding carboxylic acids is 6. The average Bonchev–Trinajstić information content (AvgIpc) is 3.31. The van der Waals surface area contributed by atoms with Gasteiger partial charge in [0.05, 0.1) is 0 Å². The number of nitrogens with one attached hydrogen (secondary N) is 9. The Morgan fingerprint density at radius 1 is 0.418 bits per heavy atom. The van der Waals surface area contributed by atoms with Gasteiger partial charge in [-0.1, -0.05) is 119 Å². The van der Waals surface area contributed by atoms with Crippen molar-refractivity contribution in [2.45, 2.75) is 128 Å². The van der Waals surface area contributed by atoms with Gasteiger partial charge in [-0.05, 0) is 115 Å². The van der Waals surface area contributed by atoms with Gasteiger partial charge >= 0.3 is 0 Å². The van der Waals surface area contributed by atoms with Crippen LogP contribution in [-0.4, -0.2) is 84.8 Å². The van der Waals surface area contributed by atoms with E-state index in [-0.39, 0.29) is 50.4 Å². The van der Waals surface area contributed by atoms with Crippen molar-refractivity contribution >= 4 is 57.0 Å². The van der Waals surface area contributed by atoms with Crippen LogP contribution in [0.25, 0.3) is 21.5 Å². The third kappa shape index (κ3) is 15.8. The molecule has 5 rings (SSSR count). The molecule has 6 atom stereocenters. The Kier molecular flexibility index (Phi) is 20.5. The molecule has 1 heterocycles. The number of benzene rings is 4. The molecule has 362 valence electrons. The summed E-state index contributed by atoms with van der Waals surface area (Å²) in [6.45, 7) is 8.45. The fourth-order valence-corrected chi connectivity index (χ4v) is 8.28. The summed E-state index contributed by atoms with van der Waals surface area (Å²) in [6, 6.07) is 20.7. The predicted octanol–water partition coefficient (Wildman–Crippen LogP) is 2.56. The zero-order valence-corrected chi connectivity index (χ0v) is 39.3. The highest BCUT2D eigenvalue weighted by Gasteiger charge is 2.33. The van der Waals surface area contributed by atoms with E-state index in [4.69, 9.17) is 11.5 Å². The van der Waals surface area contributed by atoms with Gasteiger partial charge in [0, 0.05) is 0 Å². The van der Waals surface area contributed by atoms with E-state index >= 15 is 0 Å². The highest BCUT2D eigenvalue weighted by atomic mass is 16.2. The molecule has 13 N–H and O–H groups in total. The molecule has 1 fully saturated rings. The molecule has 6 amide bonds. The highest BCUT2D eigenvalue weighted by molar-refractivity contribution is 5.94. The van der Waals surface area contributed by atoms with Gasteiger partial charge in [0.25, 0.3) is 17.7 Å². The van der Waals surface area contributed by atoms with Crippen molar-refractivity contribution in [1.82, 2.24) is 48.5 Å². The number of hydrazine groups is 3. The molecule has 4 aromatic carbocycles. The SMILES string of the molecule is CC(C)C[C@@H]1NC(=O)[C@H](Cc2cccc3ccccc23)NNC(=O)[C@H](CCCCN)NC(=O)[C@H](CCCCN)NNC(=O)[C@H](CC(C)C)NC(=O)[C@H](Cc2cccc3ccccc23)NNC1=O. The topological polar surface area (TPSA) is 263 Å². The van der Waals surface area contributed by atoms with Crippen molar-refractivity contribution in [2.75, 3.05) is 13.1 Å². The number of hydrogen-bond donors (Lipinski definition) is 11. The van der Waals surface area contributed by atoms with Crippen molar-refractivity contribution in [3.63, 3.8) is 0 Å². The van der Waals surface area contributed by atoms with Crippen molar-refractivity contribution in [1.29, 1.82) is 0 Å². The molecule has 0 aromatic heterocycles. The number of fused-ring (bicyclic) bond motifs is 2. The van der Waals surface area contributed by atoms with E-state index in [1.54, 1.807) is 0 Å². The second-order valence-corrected chi connectivity index (χ2v) is 18.3. The summed E-state index contributed by atoms with van der Waals surface area (Å²) in [5.74, 6) is -3.56. The second kappa shape index (κ2) is 26.4. The van der Waals surface area contributed by atoms with Crippen LogP contribution >= 0.6 is 0 Å². The van der Waals surface area contributed by atoms with E-state index in [1.807, 2.05) is 113 Å². The van der Waals surface area contributed by atoms with Crippen LogP contribution in [0.15, 0.2) is 84.9 Å². The maximum absolute atomic E-state index is 14.5. The summed E-state index contributed by atoms with van der Waals surface area (Å²) in [5, 5.41) is 12.5. The Balaban J connectivity index is 1.55. The summed E-state index contributed by atoms with van der Waals surface area (Å²) < 4.78 is 0. The van der Waals surface area contributed by atoms with Gasteiger partial charge in [-0.15, -0.1) is 0 Å². The van der Waals surface area contributed by atoms with Gasteiger partial charge in [0.15, 0.2) is 0 Å². The number of hydrogen-bond acceptors (Lipinski definition) is 11. The first kappa shape index (κ1) is 52.0. The van der Waals surface area contributed by atoms with E-state index in [0.717, 1.165) is 32.7 Å².